The van der Waals surface area contributed by atoms with Crippen LogP contribution >= 0.6 is 0 Å². The molecule has 4 heteroatoms. The number of carbonyl (C=O) groups is 1. The maximum absolute atomic E-state index is 13.1. The quantitative estimate of drug-likeness (QED) is 0.459. The fraction of sp³-hybridized carbons (Fsp3) is 0.333. The Labute approximate surface area is 111 Å². The van der Waals surface area contributed by atoms with Gasteiger partial charge in [-0.3, -0.25) is 9.79 Å². The molecule has 0 aliphatic carbocycles. The summed E-state index contributed by atoms with van der Waals surface area (Å²) in [5.41, 5.74) is 1.56. The van der Waals surface area contributed by atoms with Crippen LogP contribution in [0.5, 0.6) is 0 Å². The highest BCUT2D eigenvalue weighted by atomic mass is 19.3. The van der Waals surface area contributed by atoms with Crippen LogP contribution in [0.15, 0.2) is 40.9 Å². The molecule has 0 radical (unpaired) electrons. The van der Waals surface area contributed by atoms with Crippen LogP contribution in [-0.4, -0.2) is 18.5 Å². The van der Waals surface area contributed by atoms with Crippen LogP contribution in [0.1, 0.15) is 36.7 Å². The second-order valence-corrected chi connectivity index (χ2v) is 4.49. The smallest absolute Gasteiger partial charge is 0.270 e. The average molecular weight is 265 g/mol. The Balaban J connectivity index is 2.99. The average Bonchev–Trinajstić information content (AvgIpc) is 2.36. The minimum atomic E-state index is -2.89. The number of aliphatic imine (C=N–C) groups is 1. The van der Waals surface area contributed by atoms with Gasteiger partial charge in [0.25, 0.3) is 5.92 Å². The molecular formula is C15H17F2NO. The summed E-state index contributed by atoms with van der Waals surface area (Å²) in [7, 11) is 1.64. The van der Waals surface area contributed by atoms with E-state index in [1.807, 2.05) is 0 Å². The van der Waals surface area contributed by atoms with E-state index in [-0.39, 0.29) is 11.3 Å². The van der Waals surface area contributed by atoms with Gasteiger partial charge in [0.1, 0.15) is 0 Å². The number of benzene rings is 1. The summed E-state index contributed by atoms with van der Waals surface area (Å²) in [6, 6.07) is 5.40. The number of halogens is 2. The van der Waals surface area contributed by atoms with E-state index in [1.54, 1.807) is 27.0 Å². The second-order valence-electron chi connectivity index (χ2n) is 4.49. The van der Waals surface area contributed by atoms with Gasteiger partial charge in [-0.25, -0.2) is 8.78 Å². The molecular weight excluding hydrogens is 248 g/mol. The highest BCUT2D eigenvalue weighted by molar-refractivity contribution is 6.12. The van der Waals surface area contributed by atoms with E-state index < -0.39 is 5.92 Å². The van der Waals surface area contributed by atoms with Crippen LogP contribution in [0, 0.1) is 0 Å². The monoisotopic (exact) mass is 265 g/mol. The van der Waals surface area contributed by atoms with Crippen LogP contribution in [0.3, 0.4) is 0 Å². The van der Waals surface area contributed by atoms with Gasteiger partial charge in [-0.05, 0) is 25.5 Å². The maximum Gasteiger partial charge on any atom is 0.270 e. The largest absolute Gasteiger partial charge is 0.293 e. The van der Waals surface area contributed by atoms with Crippen LogP contribution in [0.2, 0.25) is 0 Å². The predicted octanol–water partition coefficient (Wildman–Crippen LogP) is 4.02. The first kappa shape index (κ1) is 15.2. The zero-order chi connectivity index (χ0) is 14.6. The molecule has 1 aromatic rings. The third kappa shape index (κ3) is 4.09. The minimum Gasteiger partial charge on any atom is -0.293 e. The van der Waals surface area contributed by atoms with Gasteiger partial charge in [-0.1, -0.05) is 24.3 Å². The second kappa shape index (κ2) is 5.87. The van der Waals surface area contributed by atoms with Crippen LogP contribution in [0.25, 0.3) is 0 Å². The van der Waals surface area contributed by atoms with Gasteiger partial charge >= 0.3 is 0 Å². The molecule has 0 aliphatic heterocycles. The lowest BCUT2D eigenvalue weighted by molar-refractivity contribution is 0.0174. The summed E-state index contributed by atoms with van der Waals surface area (Å²) in [6.07, 6.45) is 1.67. The fourth-order valence-corrected chi connectivity index (χ4v) is 1.59. The van der Waals surface area contributed by atoms with Gasteiger partial charge < -0.3 is 0 Å². The van der Waals surface area contributed by atoms with Gasteiger partial charge in [-0.15, -0.1) is 0 Å². The van der Waals surface area contributed by atoms with Crippen molar-refractivity contribution in [3.05, 3.63) is 47.0 Å². The normalized spacial score (nSPS) is 13.6. The molecule has 0 bridgehead atoms. The number of alkyl halides is 2. The van der Waals surface area contributed by atoms with Crippen molar-refractivity contribution in [1.82, 2.24) is 0 Å². The third-order valence-corrected chi connectivity index (χ3v) is 2.79. The van der Waals surface area contributed by atoms with E-state index in [0.29, 0.717) is 11.1 Å². The first-order chi connectivity index (χ1) is 8.75. The molecule has 1 rings (SSSR count). The molecule has 0 spiro atoms. The summed E-state index contributed by atoms with van der Waals surface area (Å²) < 4.78 is 26.1. The Morgan fingerprint density at radius 1 is 1.21 bits per heavy atom. The van der Waals surface area contributed by atoms with Crippen molar-refractivity contribution in [2.45, 2.75) is 26.7 Å². The maximum atomic E-state index is 13.1. The first-order valence-electron chi connectivity index (χ1n) is 5.90. The molecule has 0 saturated heterocycles. The molecule has 0 saturated carbocycles. The number of Topliss-reactive ketones (excluding diaryl/α,β-unsaturated/α-hetero) is 1. The van der Waals surface area contributed by atoms with E-state index in [1.165, 1.54) is 24.3 Å². The summed E-state index contributed by atoms with van der Waals surface area (Å²) >= 11 is 0. The summed E-state index contributed by atoms with van der Waals surface area (Å²) in [5.74, 6) is -3.08. The molecule has 0 unspecified atom stereocenters. The summed E-state index contributed by atoms with van der Waals surface area (Å²) in [4.78, 5) is 16.0. The Morgan fingerprint density at radius 3 is 2.16 bits per heavy atom. The van der Waals surface area contributed by atoms with Gasteiger partial charge in [0, 0.05) is 30.8 Å². The van der Waals surface area contributed by atoms with Crippen LogP contribution < -0.4 is 0 Å². The Kier molecular flexibility index (Phi) is 4.70. The van der Waals surface area contributed by atoms with E-state index in [4.69, 9.17) is 0 Å². The number of allylic oxidation sites excluding steroid dienone is 2. The number of hydrogen-bond donors (Lipinski definition) is 0. The minimum absolute atomic E-state index is 0.100. The van der Waals surface area contributed by atoms with E-state index in [9.17, 15) is 13.6 Å². The van der Waals surface area contributed by atoms with Crippen molar-refractivity contribution in [2.75, 3.05) is 7.05 Å². The highest BCUT2D eigenvalue weighted by Gasteiger charge is 2.24. The topological polar surface area (TPSA) is 29.4 Å². The summed E-state index contributed by atoms with van der Waals surface area (Å²) in [5, 5.41) is 0. The lowest BCUT2D eigenvalue weighted by Crippen LogP contribution is -2.08. The molecule has 0 heterocycles. The standard InChI is InChI=1S/C15H17F2NO/c1-10(9-11(2)18-4)14(19)12-5-7-13(8-6-12)15(3,16)17/h5-9H,1-4H3/b10-9+,18-11-. The molecule has 0 fully saturated rings. The lowest BCUT2D eigenvalue weighted by Gasteiger charge is -2.10. The van der Waals surface area contributed by atoms with E-state index in [2.05, 4.69) is 4.99 Å². The molecule has 102 valence electrons. The van der Waals surface area contributed by atoms with Crippen molar-refractivity contribution in [3.63, 3.8) is 0 Å². The number of carbonyl (C=O) groups excluding carboxylic acids is 1. The molecule has 0 N–H and O–H groups in total. The SMILES string of the molecule is C/N=C(C)\C=C(/C)C(=O)c1ccc(C(C)(F)F)cc1. The van der Waals surface area contributed by atoms with Gasteiger partial charge in [0.15, 0.2) is 5.78 Å². The Morgan fingerprint density at radius 2 is 1.74 bits per heavy atom. The van der Waals surface area contributed by atoms with Crippen molar-refractivity contribution < 1.29 is 13.6 Å². The number of hydrogen-bond acceptors (Lipinski definition) is 2. The number of nitrogens with zero attached hydrogens (tertiary/aromatic N) is 1. The van der Waals surface area contributed by atoms with Crippen molar-refractivity contribution >= 4 is 11.5 Å². The molecule has 19 heavy (non-hydrogen) atoms. The first-order valence-corrected chi connectivity index (χ1v) is 5.90. The molecule has 0 amide bonds. The Bertz CT molecular complexity index is 522. The zero-order valence-electron chi connectivity index (χ0n) is 11.5. The summed E-state index contributed by atoms with van der Waals surface area (Å²) in [6.45, 7) is 4.30. The molecule has 2 nitrogen and oxygen atoms in total. The molecule has 0 aliphatic rings. The Hall–Kier alpha value is -1.84. The number of ketones is 1. The predicted molar refractivity (Wildman–Crippen MR) is 73.1 cm³/mol. The van der Waals surface area contributed by atoms with Gasteiger partial charge in [-0.2, -0.15) is 0 Å². The number of rotatable bonds is 4. The lowest BCUT2D eigenvalue weighted by atomic mass is 10.0. The van der Waals surface area contributed by atoms with Crippen molar-refractivity contribution in [3.8, 4) is 0 Å². The van der Waals surface area contributed by atoms with Gasteiger partial charge in [0.2, 0.25) is 0 Å². The van der Waals surface area contributed by atoms with Crippen LogP contribution in [-0.2, 0) is 5.92 Å². The van der Waals surface area contributed by atoms with E-state index in [0.717, 1.165) is 12.6 Å². The molecule has 1 aromatic carbocycles. The van der Waals surface area contributed by atoms with Crippen molar-refractivity contribution in [2.24, 2.45) is 4.99 Å². The van der Waals surface area contributed by atoms with Gasteiger partial charge in [0.05, 0.1) is 0 Å². The van der Waals surface area contributed by atoms with E-state index >= 15 is 0 Å². The molecule has 0 atom stereocenters. The van der Waals surface area contributed by atoms with Crippen LogP contribution in [0.4, 0.5) is 8.78 Å². The molecule has 0 aromatic heterocycles. The van der Waals surface area contributed by atoms with Crippen molar-refractivity contribution in [1.29, 1.82) is 0 Å². The fourth-order valence-electron chi connectivity index (χ4n) is 1.59. The highest BCUT2D eigenvalue weighted by Crippen LogP contribution is 2.27. The third-order valence-electron chi connectivity index (χ3n) is 2.79. The zero-order valence-corrected chi connectivity index (χ0v) is 11.5.